The molecule has 1 rings (SSSR count). The topological polar surface area (TPSA) is 32.6 Å². The standard InChI is InChI=1S/C10H15NOSi/c1-13(2,3)11-8-9-6-4-5-7-10(9)12/h4-8,12H,1-3H3/b11-8+. The van der Waals surface area contributed by atoms with E-state index in [0.29, 0.717) is 5.75 Å². The number of hydrogen-bond acceptors (Lipinski definition) is 2. The van der Waals surface area contributed by atoms with Gasteiger partial charge in [0, 0.05) is 11.8 Å². The lowest BCUT2D eigenvalue weighted by molar-refractivity contribution is 0.474. The molecule has 0 saturated heterocycles. The molecule has 0 bridgehead atoms. The van der Waals surface area contributed by atoms with Crippen LogP contribution in [0, 0.1) is 0 Å². The maximum Gasteiger partial charge on any atom is 0.172 e. The second-order valence-electron chi connectivity index (χ2n) is 3.99. The van der Waals surface area contributed by atoms with Gasteiger partial charge < -0.3 is 9.76 Å². The minimum absolute atomic E-state index is 0.296. The maximum atomic E-state index is 9.43. The summed E-state index contributed by atoms with van der Waals surface area (Å²) in [5.41, 5.74) is 0.796. The predicted octanol–water partition coefficient (Wildman–Crippen LogP) is 2.65. The first-order chi connectivity index (χ1) is 5.99. The summed E-state index contributed by atoms with van der Waals surface area (Å²) >= 11 is 0. The zero-order valence-corrected chi connectivity index (χ0v) is 9.28. The van der Waals surface area contributed by atoms with Gasteiger partial charge >= 0.3 is 0 Å². The molecule has 2 nitrogen and oxygen atoms in total. The van der Waals surface area contributed by atoms with Gasteiger partial charge in [-0.15, -0.1) is 0 Å². The molecule has 1 aromatic carbocycles. The molecule has 70 valence electrons. The van der Waals surface area contributed by atoms with Gasteiger partial charge in [-0.1, -0.05) is 12.1 Å². The van der Waals surface area contributed by atoms with Crippen molar-refractivity contribution >= 4 is 14.5 Å². The Hall–Kier alpha value is -1.09. The van der Waals surface area contributed by atoms with Crippen LogP contribution in [0.15, 0.2) is 28.9 Å². The first kappa shape index (κ1) is 9.99. The number of para-hydroxylation sites is 1. The van der Waals surface area contributed by atoms with Crippen molar-refractivity contribution in [3.05, 3.63) is 29.8 Å². The summed E-state index contributed by atoms with van der Waals surface area (Å²) in [6.07, 6.45) is 1.77. The minimum Gasteiger partial charge on any atom is -0.507 e. The fourth-order valence-electron chi connectivity index (χ4n) is 0.860. The summed E-state index contributed by atoms with van der Waals surface area (Å²) in [6, 6.07) is 7.23. The maximum absolute atomic E-state index is 9.43. The molecule has 0 saturated carbocycles. The Kier molecular flexibility index (Phi) is 2.88. The quantitative estimate of drug-likeness (QED) is 0.568. The van der Waals surface area contributed by atoms with Crippen LogP contribution < -0.4 is 0 Å². The first-order valence-electron chi connectivity index (χ1n) is 4.32. The zero-order valence-electron chi connectivity index (χ0n) is 8.28. The van der Waals surface area contributed by atoms with Gasteiger partial charge in [-0.2, -0.15) is 0 Å². The van der Waals surface area contributed by atoms with Gasteiger partial charge in [-0.25, -0.2) is 0 Å². The highest BCUT2D eigenvalue weighted by atomic mass is 28.3. The molecule has 0 amide bonds. The van der Waals surface area contributed by atoms with Crippen LogP contribution in [0.3, 0.4) is 0 Å². The SMILES string of the molecule is C[Si](C)(C)/N=C/c1ccccc1O. The molecule has 0 atom stereocenters. The molecule has 0 aliphatic carbocycles. The molecule has 0 fully saturated rings. The Morgan fingerprint density at radius 3 is 2.38 bits per heavy atom. The second-order valence-corrected chi connectivity index (χ2v) is 8.59. The van der Waals surface area contributed by atoms with E-state index in [1.165, 1.54) is 0 Å². The van der Waals surface area contributed by atoms with E-state index in [1.807, 2.05) is 12.1 Å². The Morgan fingerprint density at radius 2 is 1.85 bits per heavy atom. The van der Waals surface area contributed by atoms with Gasteiger partial charge in [0.25, 0.3) is 0 Å². The molecule has 0 unspecified atom stereocenters. The van der Waals surface area contributed by atoms with Crippen molar-refractivity contribution in [2.45, 2.75) is 19.6 Å². The Morgan fingerprint density at radius 1 is 1.23 bits per heavy atom. The van der Waals surface area contributed by atoms with E-state index in [2.05, 4.69) is 24.3 Å². The monoisotopic (exact) mass is 193 g/mol. The average Bonchev–Trinajstić information content (AvgIpc) is 2.01. The van der Waals surface area contributed by atoms with Crippen molar-refractivity contribution in [2.75, 3.05) is 0 Å². The highest BCUT2D eigenvalue weighted by molar-refractivity contribution is 6.75. The predicted molar refractivity (Wildman–Crippen MR) is 59.0 cm³/mol. The van der Waals surface area contributed by atoms with Gasteiger partial charge in [0.05, 0.1) is 0 Å². The normalized spacial score (nSPS) is 12.2. The van der Waals surface area contributed by atoms with Gasteiger partial charge in [0.1, 0.15) is 5.75 Å². The smallest absolute Gasteiger partial charge is 0.172 e. The molecule has 0 spiro atoms. The van der Waals surface area contributed by atoms with E-state index in [0.717, 1.165) is 5.56 Å². The fourth-order valence-corrected chi connectivity index (χ4v) is 1.39. The molecule has 1 aromatic rings. The molecule has 0 aliphatic heterocycles. The third-order valence-corrected chi connectivity index (χ3v) is 2.43. The second kappa shape index (κ2) is 3.74. The molecule has 0 heterocycles. The van der Waals surface area contributed by atoms with Crippen LogP contribution in [0.1, 0.15) is 5.56 Å². The number of rotatable bonds is 2. The van der Waals surface area contributed by atoms with Crippen molar-refractivity contribution in [1.29, 1.82) is 0 Å². The van der Waals surface area contributed by atoms with Crippen LogP contribution in [-0.4, -0.2) is 19.6 Å². The molecular weight excluding hydrogens is 178 g/mol. The molecule has 13 heavy (non-hydrogen) atoms. The molecule has 0 radical (unpaired) electrons. The molecule has 0 aliphatic rings. The summed E-state index contributed by atoms with van der Waals surface area (Å²) in [7, 11) is -1.40. The number of benzene rings is 1. The van der Waals surface area contributed by atoms with Crippen molar-refractivity contribution in [3.8, 4) is 5.75 Å². The summed E-state index contributed by atoms with van der Waals surface area (Å²) in [6.45, 7) is 6.47. The van der Waals surface area contributed by atoms with Crippen LogP contribution in [0.2, 0.25) is 19.6 Å². The summed E-state index contributed by atoms with van der Waals surface area (Å²) in [5.74, 6) is 0.296. The summed E-state index contributed by atoms with van der Waals surface area (Å²) in [5, 5.41) is 9.43. The van der Waals surface area contributed by atoms with E-state index < -0.39 is 8.24 Å². The highest BCUT2D eigenvalue weighted by Crippen LogP contribution is 2.13. The first-order valence-corrected chi connectivity index (χ1v) is 7.77. The lowest BCUT2D eigenvalue weighted by atomic mass is 10.2. The van der Waals surface area contributed by atoms with Gasteiger partial charge in [-0.05, 0) is 31.8 Å². The van der Waals surface area contributed by atoms with Crippen molar-refractivity contribution in [3.63, 3.8) is 0 Å². The summed E-state index contributed by atoms with van der Waals surface area (Å²) in [4.78, 5) is 0. The Balaban J connectivity index is 2.86. The van der Waals surface area contributed by atoms with Gasteiger partial charge in [0.15, 0.2) is 8.24 Å². The molecular formula is C10H15NOSi. The molecule has 0 aromatic heterocycles. The van der Waals surface area contributed by atoms with Crippen LogP contribution in [0.25, 0.3) is 0 Å². The lowest BCUT2D eigenvalue weighted by Gasteiger charge is -2.07. The van der Waals surface area contributed by atoms with Crippen molar-refractivity contribution < 1.29 is 5.11 Å². The van der Waals surface area contributed by atoms with E-state index >= 15 is 0 Å². The van der Waals surface area contributed by atoms with Crippen LogP contribution in [-0.2, 0) is 0 Å². The number of aromatic hydroxyl groups is 1. The van der Waals surface area contributed by atoms with Crippen molar-refractivity contribution in [1.82, 2.24) is 0 Å². The van der Waals surface area contributed by atoms with Crippen LogP contribution in [0.4, 0.5) is 0 Å². The minimum atomic E-state index is -1.40. The van der Waals surface area contributed by atoms with E-state index in [4.69, 9.17) is 0 Å². The van der Waals surface area contributed by atoms with Gasteiger partial charge in [0.2, 0.25) is 0 Å². The number of hydrogen-bond donors (Lipinski definition) is 1. The molecule has 3 heteroatoms. The van der Waals surface area contributed by atoms with Crippen LogP contribution >= 0.6 is 0 Å². The van der Waals surface area contributed by atoms with Crippen LogP contribution in [0.5, 0.6) is 5.75 Å². The Bertz CT molecular complexity index is 315. The average molecular weight is 193 g/mol. The third-order valence-electron chi connectivity index (χ3n) is 1.53. The van der Waals surface area contributed by atoms with E-state index in [9.17, 15) is 5.11 Å². The number of nitrogens with zero attached hydrogens (tertiary/aromatic N) is 1. The van der Waals surface area contributed by atoms with E-state index in [1.54, 1.807) is 18.3 Å². The fraction of sp³-hybridized carbons (Fsp3) is 0.300. The summed E-state index contributed by atoms with van der Waals surface area (Å²) < 4.78 is 4.44. The zero-order chi connectivity index (χ0) is 9.90. The van der Waals surface area contributed by atoms with Crippen molar-refractivity contribution in [2.24, 2.45) is 4.66 Å². The molecule has 1 N–H and O–H groups in total. The van der Waals surface area contributed by atoms with Gasteiger partial charge in [-0.3, -0.25) is 0 Å². The largest absolute Gasteiger partial charge is 0.507 e. The highest BCUT2D eigenvalue weighted by Gasteiger charge is 2.09. The Labute approximate surface area is 80.0 Å². The number of phenols is 1. The third kappa shape index (κ3) is 3.42. The lowest BCUT2D eigenvalue weighted by Crippen LogP contribution is -2.16. The number of phenolic OH excluding ortho intramolecular Hbond substituents is 1. The van der Waals surface area contributed by atoms with E-state index in [-0.39, 0.29) is 0 Å².